The van der Waals surface area contributed by atoms with Gasteiger partial charge in [0.05, 0.1) is 36.2 Å². The van der Waals surface area contributed by atoms with E-state index in [0.29, 0.717) is 45.1 Å². The van der Waals surface area contributed by atoms with Gasteiger partial charge in [-0.05, 0) is 56.9 Å². The van der Waals surface area contributed by atoms with Crippen molar-refractivity contribution >= 4 is 17.8 Å². The molecule has 9 nitrogen and oxygen atoms in total. The molecule has 0 spiro atoms. The van der Waals surface area contributed by atoms with Gasteiger partial charge < -0.3 is 30.0 Å². The lowest BCUT2D eigenvalue weighted by Gasteiger charge is -2.34. The molecule has 1 aromatic carbocycles. The Bertz CT molecular complexity index is 1030. The molecule has 10 heteroatoms. The lowest BCUT2D eigenvalue weighted by Crippen LogP contribution is -2.45. The van der Waals surface area contributed by atoms with Gasteiger partial charge in [-0.3, -0.25) is 14.4 Å². The van der Waals surface area contributed by atoms with Gasteiger partial charge in [-0.2, -0.15) is 0 Å². The first-order valence-corrected chi connectivity index (χ1v) is 13.2. The zero-order chi connectivity index (χ0) is 28.3. The normalized spacial score (nSPS) is 27.4. The van der Waals surface area contributed by atoms with E-state index in [-0.39, 0.29) is 40.6 Å². The number of nitrogens with one attached hydrogen (secondary N) is 2. The SMILES string of the molecule is COc1cc(F)c(OC2CCC(C)(C(=O)O)CC2)cc1C(=O)NC1C[C@H](OC)C[C@H]1C(=O)NCC(C)(C)C. The van der Waals surface area contributed by atoms with Crippen LogP contribution in [0.4, 0.5) is 4.39 Å². The van der Waals surface area contributed by atoms with Crippen LogP contribution in [0, 0.1) is 22.6 Å². The predicted molar refractivity (Wildman–Crippen MR) is 139 cm³/mol. The lowest BCUT2D eigenvalue weighted by atomic mass is 9.75. The average molecular weight is 537 g/mol. The Kier molecular flexibility index (Phi) is 9.28. The van der Waals surface area contributed by atoms with Crippen LogP contribution in [0.2, 0.25) is 0 Å². The number of carbonyl (C=O) groups is 3. The highest BCUT2D eigenvalue weighted by atomic mass is 19.1. The predicted octanol–water partition coefficient (Wildman–Crippen LogP) is 3.93. The molecule has 2 aliphatic carbocycles. The molecule has 0 aromatic heterocycles. The van der Waals surface area contributed by atoms with Gasteiger partial charge in [-0.1, -0.05) is 20.8 Å². The van der Waals surface area contributed by atoms with Crippen molar-refractivity contribution in [2.75, 3.05) is 20.8 Å². The van der Waals surface area contributed by atoms with Gasteiger partial charge in [0.25, 0.3) is 5.91 Å². The maximum absolute atomic E-state index is 14.9. The van der Waals surface area contributed by atoms with E-state index < -0.39 is 35.1 Å². The second-order valence-corrected chi connectivity index (χ2v) is 12.0. The summed E-state index contributed by atoms with van der Waals surface area (Å²) in [5, 5.41) is 15.4. The number of carboxylic acid groups (broad SMARTS) is 1. The van der Waals surface area contributed by atoms with Crippen molar-refractivity contribution in [1.82, 2.24) is 10.6 Å². The Labute approximate surface area is 223 Å². The summed E-state index contributed by atoms with van der Waals surface area (Å²) in [6, 6.07) is 1.94. The molecule has 0 heterocycles. The minimum Gasteiger partial charge on any atom is -0.496 e. The van der Waals surface area contributed by atoms with Crippen LogP contribution in [-0.2, 0) is 14.3 Å². The second kappa shape index (κ2) is 11.9. The molecule has 1 unspecified atom stereocenters. The van der Waals surface area contributed by atoms with Crippen molar-refractivity contribution in [3.8, 4) is 11.5 Å². The summed E-state index contributed by atoms with van der Waals surface area (Å²) in [4.78, 5) is 37.9. The Morgan fingerprint density at radius 1 is 1.08 bits per heavy atom. The molecule has 0 radical (unpaired) electrons. The third kappa shape index (κ3) is 7.15. The quantitative estimate of drug-likeness (QED) is 0.437. The minimum absolute atomic E-state index is 0.0458. The van der Waals surface area contributed by atoms with Gasteiger partial charge in [-0.25, -0.2) is 4.39 Å². The van der Waals surface area contributed by atoms with Gasteiger partial charge in [0.15, 0.2) is 11.6 Å². The molecule has 3 atom stereocenters. The molecule has 212 valence electrons. The molecular weight excluding hydrogens is 495 g/mol. The van der Waals surface area contributed by atoms with Crippen molar-refractivity contribution in [3.05, 3.63) is 23.5 Å². The number of amides is 2. The van der Waals surface area contributed by atoms with Crippen LogP contribution in [0.3, 0.4) is 0 Å². The van der Waals surface area contributed by atoms with E-state index in [9.17, 15) is 23.9 Å². The first-order chi connectivity index (χ1) is 17.8. The zero-order valence-corrected chi connectivity index (χ0v) is 23.2. The van der Waals surface area contributed by atoms with E-state index in [1.54, 1.807) is 14.0 Å². The third-order valence-corrected chi connectivity index (χ3v) is 7.64. The van der Waals surface area contributed by atoms with Crippen molar-refractivity contribution in [2.24, 2.45) is 16.7 Å². The molecule has 2 amide bonds. The molecule has 3 N–H and O–H groups in total. The summed E-state index contributed by atoms with van der Waals surface area (Å²) >= 11 is 0. The maximum atomic E-state index is 14.9. The number of rotatable bonds is 9. The molecule has 2 aliphatic rings. The fourth-order valence-corrected chi connectivity index (χ4v) is 5.07. The highest BCUT2D eigenvalue weighted by Crippen LogP contribution is 2.39. The summed E-state index contributed by atoms with van der Waals surface area (Å²) < 4.78 is 31.5. The fourth-order valence-electron chi connectivity index (χ4n) is 5.07. The van der Waals surface area contributed by atoms with Gasteiger partial charge in [-0.15, -0.1) is 0 Å². The molecule has 0 aliphatic heterocycles. The number of methoxy groups -OCH3 is 2. The largest absolute Gasteiger partial charge is 0.496 e. The maximum Gasteiger partial charge on any atom is 0.309 e. The standard InChI is InChI=1S/C28H41FN2O7/c1-27(2,3)15-30-24(32)18-11-17(36-5)12-21(18)31-25(33)19-13-23(20(29)14-22(19)37-6)38-16-7-9-28(4,10-8-16)26(34)35/h13-14,16-18,21H,7-12,15H2,1-6H3,(H,30,32)(H,31,33)(H,34,35)/t16?,17-,18-,21?,28?/m1/s1. The van der Waals surface area contributed by atoms with Crippen LogP contribution >= 0.6 is 0 Å². The van der Waals surface area contributed by atoms with Crippen LogP contribution < -0.4 is 20.1 Å². The van der Waals surface area contributed by atoms with Crippen LogP contribution in [0.25, 0.3) is 0 Å². The fraction of sp³-hybridized carbons (Fsp3) is 0.679. The van der Waals surface area contributed by atoms with Crippen molar-refractivity contribution in [1.29, 1.82) is 0 Å². The molecule has 1 aromatic rings. The van der Waals surface area contributed by atoms with E-state index in [1.165, 1.54) is 13.2 Å². The van der Waals surface area contributed by atoms with E-state index in [4.69, 9.17) is 14.2 Å². The Morgan fingerprint density at radius 3 is 2.29 bits per heavy atom. The Morgan fingerprint density at radius 2 is 1.74 bits per heavy atom. The van der Waals surface area contributed by atoms with E-state index in [1.807, 2.05) is 20.8 Å². The average Bonchev–Trinajstić information content (AvgIpc) is 3.27. The number of halogens is 1. The summed E-state index contributed by atoms with van der Waals surface area (Å²) in [7, 11) is 2.93. The number of benzene rings is 1. The van der Waals surface area contributed by atoms with Crippen molar-refractivity contribution < 1.29 is 38.1 Å². The Hall–Kier alpha value is -2.88. The Balaban J connectivity index is 1.75. The molecule has 3 rings (SSSR count). The number of ether oxygens (including phenoxy) is 3. The van der Waals surface area contributed by atoms with E-state index in [2.05, 4.69) is 10.6 Å². The third-order valence-electron chi connectivity index (χ3n) is 7.64. The molecular formula is C28H41FN2O7. The smallest absolute Gasteiger partial charge is 0.309 e. The molecule has 2 saturated carbocycles. The number of aliphatic carboxylic acids is 1. The van der Waals surface area contributed by atoms with Crippen molar-refractivity contribution in [3.63, 3.8) is 0 Å². The summed E-state index contributed by atoms with van der Waals surface area (Å²) in [6.07, 6.45) is 2.15. The highest BCUT2D eigenvalue weighted by molar-refractivity contribution is 5.98. The monoisotopic (exact) mass is 536 g/mol. The van der Waals surface area contributed by atoms with Crippen LogP contribution in [-0.4, -0.2) is 61.9 Å². The van der Waals surface area contributed by atoms with Crippen molar-refractivity contribution in [2.45, 2.75) is 84.5 Å². The first-order valence-electron chi connectivity index (χ1n) is 13.2. The molecule has 0 bridgehead atoms. The van der Waals surface area contributed by atoms with Gasteiger partial charge in [0.2, 0.25) is 5.91 Å². The summed E-state index contributed by atoms with van der Waals surface area (Å²) in [5.41, 5.74) is -0.818. The number of hydrogen-bond acceptors (Lipinski definition) is 6. The summed E-state index contributed by atoms with van der Waals surface area (Å²) in [5.74, 6) is -2.71. The van der Waals surface area contributed by atoms with Crippen LogP contribution in [0.1, 0.15) is 76.6 Å². The van der Waals surface area contributed by atoms with Crippen LogP contribution in [0.15, 0.2) is 12.1 Å². The molecule has 38 heavy (non-hydrogen) atoms. The number of hydrogen-bond donors (Lipinski definition) is 3. The number of carbonyl (C=O) groups excluding carboxylic acids is 2. The topological polar surface area (TPSA) is 123 Å². The van der Waals surface area contributed by atoms with Crippen LogP contribution in [0.5, 0.6) is 11.5 Å². The van der Waals surface area contributed by atoms with E-state index >= 15 is 0 Å². The van der Waals surface area contributed by atoms with Gasteiger partial charge in [0, 0.05) is 25.8 Å². The molecule has 0 saturated heterocycles. The molecule has 2 fully saturated rings. The zero-order valence-electron chi connectivity index (χ0n) is 23.2. The lowest BCUT2D eigenvalue weighted by molar-refractivity contribution is -0.150. The summed E-state index contributed by atoms with van der Waals surface area (Å²) in [6.45, 7) is 8.28. The number of carboxylic acids is 1. The van der Waals surface area contributed by atoms with E-state index in [0.717, 1.165) is 6.07 Å². The highest BCUT2D eigenvalue weighted by Gasteiger charge is 2.41. The second-order valence-electron chi connectivity index (χ2n) is 12.0. The van der Waals surface area contributed by atoms with Gasteiger partial charge in [0.1, 0.15) is 5.75 Å². The first kappa shape index (κ1) is 29.7. The minimum atomic E-state index is -0.849. The van der Waals surface area contributed by atoms with Gasteiger partial charge >= 0.3 is 5.97 Å².